The molecule has 3 nitrogen and oxygen atoms in total. The summed E-state index contributed by atoms with van der Waals surface area (Å²) in [6.45, 7) is 0. The van der Waals surface area contributed by atoms with Gasteiger partial charge in [-0.3, -0.25) is 9.97 Å². The standard InChI is InChI=1S/C10H7N3/c1-2-9-10(13-6-5-12-9)7-3-4-11-8(1)7/h1-6,11H. The first-order valence-corrected chi connectivity index (χ1v) is 4.12. The molecule has 62 valence electrons. The molecule has 0 bridgehead atoms. The molecule has 3 aromatic rings. The summed E-state index contributed by atoms with van der Waals surface area (Å²) >= 11 is 0. The van der Waals surface area contributed by atoms with Gasteiger partial charge in [-0.1, -0.05) is 0 Å². The van der Waals surface area contributed by atoms with Crippen LogP contribution in [0.4, 0.5) is 0 Å². The number of H-pyrrole nitrogens is 1. The molecule has 1 N–H and O–H groups in total. The molecule has 0 radical (unpaired) electrons. The lowest BCUT2D eigenvalue weighted by Crippen LogP contribution is -1.81. The molecular formula is C10H7N3. The molecule has 0 aliphatic carbocycles. The quantitative estimate of drug-likeness (QED) is 0.560. The van der Waals surface area contributed by atoms with Gasteiger partial charge in [0.1, 0.15) is 0 Å². The van der Waals surface area contributed by atoms with Crippen LogP contribution >= 0.6 is 0 Å². The van der Waals surface area contributed by atoms with Crippen molar-refractivity contribution in [3.05, 3.63) is 36.8 Å². The Bertz CT molecular complexity index is 568. The molecule has 0 saturated carbocycles. The maximum absolute atomic E-state index is 4.30. The number of benzene rings is 1. The third-order valence-electron chi connectivity index (χ3n) is 2.17. The molecular weight excluding hydrogens is 162 g/mol. The highest BCUT2D eigenvalue weighted by Crippen LogP contribution is 2.20. The van der Waals surface area contributed by atoms with Crippen molar-refractivity contribution in [1.29, 1.82) is 0 Å². The van der Waals surface area contributed by atoms with Crippen LogP contribution in [0.2, 0.25) is 0 Å². The highest BCUT2D eigenvalue weighted by Gasteiger charge is 2.01. The lowest BCUT2D eigenvalue weighted by Gasteiger charge is -1.95. The van der Waals surface area contributed by atoms with E-state index in [1.807, 2.05) is 24.4 Å². The molecule has 0 atom stereocenters. The van der Waals surface area contributed by atoms with Crippen molar-refractivity contribution in [3.8, 4) is 0 Å². The number of fused-ring (bicyclic) bond motifs is 3. The Balaban J connectivity index is 2.65. The molecule has 0 spiro atoms. The highest BCUT2D eigenvalue weighted by molar-refractivity contribution is 6.02. The van der Waals surface area contributed by atoms with E-state index >= 15 is 0 Å². The van der Waals surface area contributed by atoms with Gasteiger partial charge in [-0.05, 0) is 18.2 Å². The van der Waals surface area contributed by atoms with Crippen LogP contribution in [0.3, 0.4) is 0 Å². The van der Waals surface area contributed by atoms with Gasteiger partial charge in [0.2, 0.25) is 0 Å². The molecule has 3 heteroatoms. The summed E-state index contributed by atoms with van der Waals surface area (Å²) in [6, 6.07) is 6.01. The van der Waals surface area contributed by atoms with Crippen molar-refractivity contribution in [2.24, 2.45) is 0 Å². The number of nitrogens with one attached hydrogen (secondary N) is 1. The fourth-order valence-electron chi connectivity index (χ4n) is 1.57. The van der Waals surface area contributed by atoms with Crippen LogP contribution in [0.15, 0.2) is 36.8 Å². The summed E-state index contributed by atoms with van der Waals surface area (Å²) in [5.41, 5.74) is 3.00. The zero-order chi connectivity index (χ0) is 8.67. The topological polar surface area (TPSA) is 41.6 Å². The molecule has 0 aliphatic heterocycles. The first kappa shape index (κ1) is 6.60. The molecule has 0 fully saturated rings. The third-order valence-corrected chi connectivity index (χ3v) is 2.17. The monoisotopic (exact) mass is 169 g/mol. The normalized spacial score (nSPS) is 11.1. The first-order valence-electron chi connectivity index (χ1n) is 4.12. The summed E-state index contributed by atoms with van der Waals surface area (Å²) < 4.78 is 0. The molecule has 3 rings (SSSR count). The first-order chi connectivity index (χ1) is 6.45. The summed E-state index contributed by atoms with van der Waals surface area (Å²) in [5, 5.41) is 1.13. The van der Waals surface area contributed by atoms with Gasteiger partial charge < -0.3 is 4.98 Å². The minimum Gasteiger partial charge on any atom is -0.361 e. The Morgan fingerprint density at radius 3 is 2.92 bits per heavy atom. The number of nitrogens with zero attached hydrogens (tertiary/aromatic N) is 2. The predicted molar refractivity (Wildman–Crippen MR) is 51.4 cm³/mol. The number of aromatic nitrogens is 3. The minimum atomic E-state index is 0.939. The van der Waals surface area contributed by atoms with Gasteiger partial charge in [-0.25, -0.2) is 0 Å². The maximum Gasteiger partial charge on any atom is 0.0980 e. The summed E-state index contributed by atoms with van der Waals surface area (Å²) in [4.78, 5) is 11.7. The largest absolute Gasteiger partial charge is 0.361 e. The van der Waals surface area contributed by atoms with Crippen molar-refractivity contribution >= 4 is 21.9 Å². The number of aromatic amines is 1. The van der Waals surface area contributed by atoms with Crippen molar-refractivity contribution in [3.63, 3.8) is 0 Å². The predicted octanol–water partition coefficient (Wildman–Crippen LogP) is 2.11. The van der Waals surface area contributed by atoms with E-state index in [0.717, 1.165) is 21.9 Å². The number of hydrogen-bond donors (Lipinski definition) is 1. The van der Waals surface area contributed by atoms with Crippen molar-refractivity contribution < 1.29 is 0 Å². The molecule has 0 unspecified atom stereocenters. The molecule has 2 aromatic heterocycles. The second-order valence-corrected chi connectivity index (χ2v) is 2.93. The Hall–Kier alpha value is -1.90. The maximum atomic E-state index is 4.30. The van der Waals surface area contributed by atoms with Crippen molar-refractivity contribution in [2.45, 2.75) is 0 Å². The van der Waals surface area contributed by atoms with E-state index in [9.17, 15) is 0 Å². The molecule has 0 amide bonds. The molecule has 0 aliphatic rings. The van der Waals surface area contributed by atoms with E-state index in [4.69, 9.17) is 0 Å². The fraction of sp³-hybridized carbons (Fsp3) is 0. The van der Waals surface area contributed by atoms with Crippen LogP contribution in [0, 0.1) is 0 Å². The Kier molecular flexibility index (Phi) is 1.16. The smallest absolute Gasteiger partial charge is 0.0980 e. The summed E-state index contributed by atoms with van der Waals surface area (Å²) in [5.74, 6) is 0. The second-order valence-electron chi connectivity index (χ2n) is 2.93. The second kappa shape index (κ2) is 2.29. The zero-order valence-corrected chi connectivity index (χ0v) is 6.86. The van der Waals surface area contributed by atoms with Gasteiger partial charge in [0.05, 0.1) is 11.0 Å². The third kappa shape index (κ3) is 0.839. The average molecular weight is 169 g/mol. The van der Waals surface area contributed by atoms with Crippen LogP contribution in [0.1, 0.15) is 0 Å². The van der Waals surface area contributed by atoms with Crippen LogP contribution in [-0.2, 0) is 0 Å². The summed E-state index contributed by atoms with van der Waals surface area (Å²) in [7, 11) is 0. The lowest BCUT2D eigenvalue weighted by atomic mass is 10.2. The summed E-state index contributed by atoms with van der Waals surface area (Å²) in [6.07, 6.45) is 5.34. The van der Waals surface area contributed by atoms with E-state index < -0.39 is 0 Å². The van der Waals surface area contributed by atoms with Gasteiger partial charge in [0.15, 0.2) is 0 Å². The van der Waals surface area contributed by atoms with Crippen LogP contribution in [-0.4, -0.2) is 15.0 Å². The number of rotatable bonds is 0. The van der Waals surface area contributed by atoms with Crippen molar-refractivity contribution in [2.75, 3.05) is 0 Å². The molecule has 0 saturated heterocycles. The molecule has 1 aromatic carbocycles. The minimum absolute atomic E-state index is 0.939. The fourth-order valence-corrected chi connectivity index (χ4v) is 1.57. The van der Waals surface area contributed by atoms with E-state index in [2.05, 4.69) is 15.0 Å². The Labute approximate surface area is 74.4 Å². The van der Waals surface area contributed by atoms with Crippen LogP contribution < -0.4 is 0 Å². The van der Waals surface area contributed by atoms with Crippen LogP contribution in [0.5, 0.6) is 0 Å². The molecule has 2 heterocycles. The highest BCUT2D eigenvalue weighted by atomic mass is 14.8. The Morgan fingerprint density at radius 2 is 1.92 bits per heavy atom. The van der Waals surface area contributed by atoms with Gasteiger partial charge in [0, 0.05) is 29.5 Å². The average Bonchev–Trinajstić information content (AvgIpc) is 2.65. The van der Waals surface area contributed by atoms with Crippen molar-refractivity contribution in [1.82, 2.24) is 15.0 Å². The lowest BCUT2D eigenvalue weighted by molar-refractivity contribution is 1.30. The van der Waals surface area contributed by atoms with E-state index in [0.29, 0.717) is 0 Å². The van der Waals surface area contributed by atoms with Gasteiger partial charge in [-0.15, -0.1) is 0 Å². The van der Waals surface area contributed by atoms with Gasteiger partial charge in [-0.2, -0.15) is 0 Å². The zero-order valence-electron chi connectivity index (χ0n) is 6.86. The van der Waals surface area contributed by atoms with Crippen LogP contribution in [0.25, 0.3) is 21.9 Å². The van der Waals surface area contributed by atoms with E-state index in [1.165, 1.54) is 0 Å². The Morgan fingerprint density at radius 1 is 1.00 bits per heavy atom. The van der Waals surface area contributed by atoms with Gasteiger partial charge >= 0.3 is 0 Å². The van der Waals surface area contributed by atoms with Gasteiger partial charge in [0.25, 0.3) is 0 Å². The van der Waals surface area contributed by atoms with E-state index in [1.54, 1.807) is 12.4 Å². The number of hydrogen-bond acceptors (Lipinski definition) is 2. The SMILES string of the molecule is c1cnc2c(ccc3[nH]ccc32)n1. The molecule has 13 heavy (non-hydrogen) atoms. The van der Waals surface area contributed by atoms with E-state index in [-0.39, 0.29) is 0 Å².